The van der Waals surface area contributed by atoms with Gasteiger partial charge < -0.3 is 9.84 Å². The molecule has 0 aliphatic carbocycles. The highest BCUT2D eigenvalue weighted by atomic mass is 16.5. The molecule has 0 aliphatic heterocycles. The van der Waals surface area contributed by atoms with Crippen molar-refractivity contribution in [1.29, 1.82) is 0 Å². The molecule has 0 amide bonds. The molecule has 0 saturated heterocycles. The molecule has 1 aromatic heterocycles. The van der Waals surface area contributed by atoms with Crippen molar-refractivity contribution in [2.24, 2.45) is 0 Å². The molecule has 8 nitrogen and oxygen atoms in total. The van der Waals surface area contributed by atoms with E-state index in [1.807, 2.05) is 10.2 Å². The van der Waals surface area contributed by atoms with Gasteiger partial charge in [-0.05, 0) is 0 Å². The van der Waals surface area contributed by atoms with E-state index in [1.54, 1.807) is 0 Å². The molecule has 1 heterocycles. The summed E-state index contributed by atoms with van der Waals surface area (Å²) in [4.78, 5) is 33.1. The van der Waals surface area contributed by atoms with Crippen molar-refractivity contribution in [3.05, 3.63) is 21.0 Å². The molecule has 0 bridgehead atoms. The average Bonchev–Trinajstić information content (AvgIpc) is 2.49. The number of methoxy groups -OCH3 is 1. The Hall–Kier alpha value is -1.83. The van der Waals surface area contributed by atoms with E-state index in [1.165, 1.54) is 7.11 Å². The molecule has 0 spiro atoms. The Bertz CT molecular complexity index is 414. The van der Waals surface area contributed by atoms with E-state index in [0.29, 0.717) is 4.57 Å². The SMILES string of the molecule is COCCC(C(=O)O)n1c(=O)[nH][nH]c1=O. The van der Waals surface area contributed by atoms with Crippen molar-refractivity contribution in [2.45, 2.75) is 12.5 Å². The van der Waals surface area contributed by atoms with E-state index in [2.05, 4.69) is 0 Å². The summed E-state index contributed by atoms with van der Waals surface area (Å²) >= 11 is 0. The predicted octanol–water partition coefficient (Wildman–Crippen LogP) is -1.47. The standard InChI is InChI=1S/C7H11N3O5/c1-15-3-2-4(5(11)12)10-6(13)8-9-7(10)14/h4H,2-3H2,1H3,(H,8,13)(H,9,14)(H,11,12). The summed E-state index contributed by atoms with van der Waals surface area (Å²) in [5.41, 5.74) is -1.55. The maximum Gasteiger partial charge on any atom is 0.345 e. The summed E-state index contributed by atoms with van der Waals surface area (Å²) in [6.07, 6.45) is 0.0483. The minimum atomic E-state index is -1.25. The van der Waals surface area contributed by atoms with Gasteiger partial charge in [0.05, 0.1) is 0 Å². The Morgan fingerprint density at radius 3 is 2.40 bits per heavy atom. The van der Waals surface area contributed by atoms with Gasteiger partial charge in [-0.2, -0.15) is 0 Å². The van der Waals surface area contributed by atoms with E-state index in [0.717, 1.165) is 0 Å². The lowest BCUT2D eigenvalue weighted by molar-refractivity contribution is -0.141. The zero-order chi connectivity index (χ0) is 11.4. The van der Waals surface area contributed by atoms with Gasteiger partial charge in [0.25, 0.3) is 0 Å². The number of aromatic amines is 2. The molecule has 0 saturated carbocycles. The van der Waals surface area contributed by atoms with Gasteiger partial charge in [-0.1, -0.05) is 0 Å². The number of carboxylic acid groups (broad SMARTS) is 1. The topological polar surface area (TPSA) is 117 Å². The van der Waals surface area contributed by atoms with Crippen LogP contribution in [-0.4, -0.2) is 39.6 Å². The van der Waals surface area contributed by atoms with Gasteiger partial charge in [0.2, 0.25) is 0 Å². The smallest absolute Gasteiger partial charge is 0.345 e. The molecule has 0 aliphatic rings. The molecule has 0 radical (unpaired) electrons. The van der Waals surface area contributed by atoms with Gasteiger partial charge in [-0.25, -0.2) is 29.1 Å². The van der Waals surface area contributed by atoms with Crippen molar-refractivity contribution in [3.8, 4) is 0 Å². The largest absolute Gasteiger partial charge is 0.480 e. The zero-order valence-electron chi connectivity index (χ0n) is 8.02. The lowest BCUT2D eigenvalue weighted by Gasteiger charge is -2.10. The molecular formula is C7H11N3O5. The van der Waals surface area contributed by atoms with Crippen LogP contribution >= 0.6 is 0 Å². The normalized spacial score (nSPS) is 12.6. The summed E-state index contributed by atoms with van der Waals surface area (Å²) in [5.74, 6) is -1.25. The maximum atomic E-state index is 11.1. The van der Waals surface area contributed by atoms with Crippen LogP contribution in [0.1, 0.15) is 12.5 Å². The average molecular weight is 217 g/mol. The number of hydrogen-bond acceptors (Lipinski definition) is 4. The van der Waals surface area contributed by atoms with Gasteiger partial charge in [0.15, 0.2) is 0 Å². The van der Waals surface area contributed by atoms with Crippen molar-refractivity contribution >= 4 is 5.97 Å². The number of aliphatic carboxylic acids is 1. The minimum Gasteiger partial charge on any atom is -0.480 e. The molecule has 15 heavy (non-hydrogen) atoms. The van der Waals surface area contributed by atoms with E-state index in [9.17, 15) is 14.4 Å². The molecule has 3 N–H and O–H groups in total. The summed E-state index contributed by atoms with van der Waals surface area (Å²) in [7, 11) is 1.41. The molecule has 1 atom stereocenters. The molecule has 0 aromatic carbocycles. The minimum absolute atomic E-state index is 0.0483. The van der Waals surface area contributed by atoms with Gasteiger partial charge in [0.1, 0.15) is 6.04 Å². The van der Waals surface area contributed by atoms with Crippen LogP contribution in [0.2, 0.25) is 0 Å². The van der Waals surface area contributed by atoms with E-state index >= 15 is 0 Å². The zero-order valence-corrected chi connectivity index (χ0v) is 8.02. The number of H-pyrrole nitrogens is 2. The van der Waals surface area contributed by atoms with E-state index < -0.39 is 23.4 Å². The van der Waals surface area contributed by atoms with Crippen LogP contribution < -0.4 is 11.4 Å². The third kappa shape index (κ3) is 2.34. The number of nitrogens with one attached hydrogen (secondary N) is 2. The van der Waals surface area contributed by atoms with Crippen LogP contribution in [0.3, 0.4) is 0 Å². The molecule has 1 unspecified atom stereocenters. The van der Waals surface area contributed by atoms with Crippen molar-refractivity contribution in [1.82, 2.24) is 14.8 Å². The Labute approximate surface area is 83.5 Å². The summed E-state index contributed by atoms with van der Waals surface area (Å²) < 4.78 is 5.31. The van der Waals surface area contributed by atoms with Gasteiger partial charge in [0, 0.05) is 20.1 Å². The monoisotopic (exact) mass is 217 g/mol. The highest BCUT2D eigenvalue weighted by Gasteiger charge is 2.23. The van der Waals surface area contributed by atoms with Crippen molar-refractivity contribution in [2.75, 3.05) is 13.7 Å². The highest BCUT2D eigenvalue weighted by molar-refractivity contribution is 5.71. The number of rotatable bonds is 5. The third-order valence-electron chi connectivity index (χ3n) is 1.91. The number of hydrogen-bond donors (Lipinski definition) is 3. The van der Waals surface area contributed by atoms with Crippen LogP contribution in [0.4, 0.5) is 0 Å². The first kappa shape index (κ1) is 11.2. The molecule has 84 valence electrons. The Morgan fingerprint density at radius 2 is 2.00 bits per heavy atom. The molecule has 8 heteroatoms. The Morgan fingerprint density at radius 1 is 1.47 bits per heavy atom. The fraction of sp³-hybridized carbons (Fsp3) is 0.571. The summed E-state index contributed by atoms with van der Waals surface area (Å²) in [5, 5.41) is 12.9. The Kier molecular flexibility index (Phi) is 3.45. The third-order valence-corrected chi connectivity index (χ3v) is 1.91. The first-order chi connectivity index (χ1) is 7.07. The van der Waals surface area contributed by atoms with Crippen LogP contribution in [0.25, 0.3) is 0 Å². The molecule has 1 rings (SSSR count). The predicted molar refractivity (Wildman–Crippen MR) is 48.8 cm³/mol. The van der Waals surface area contributed by atoms with Crippen molar-refractivity contribution in [3.63, 3.8) is 0 Å². The number of ether oxygens (including phenoxy) is 1. The molecular weight excluding hydrogens is 206 g/mol. The van der Waals surface area contributed by atoms with Crippen LogP contribution in [-0.2, 0) is 9.53 Å². The second-order valence-corrected chi connectivity index (χ2v) is 2.87. The van der Waals surface area contributed by atoms with Crippen LogP contribution in [0.5, 0.6) is 0 Å². The fourth-order valence-corrected chi connectivity index (χ4v) is 1.20. The number of aromatic nitrogens is 3. The maximum absolute atomic E-state index is 11.1. The van der Waals surface area contributed by atoms with Crippen molar-refractivity contribution < 1.29 is 14.6 Å². The van der Waals surface area contributed by atoms with Crippen LogP contribution in [0, 0.1) is 0 Å². The first-order valence-electron chi connectivity index (χ1n) is 4.19. The number of nitrogens with zero attached hydrogens (tertiary/aromatic N) is 1. The van der Waals surface area contributed by atoms with Crippen LogP contribution in [0.15, 0.2) is 9.59 Å². The molecule has 0 fully saturated rings. The Balaban J connectivity index is 3.04. The second kappa shape index (κ2) is 4.60. The molecule has 1 aromatic rings. The number of carbonyl (C=O) groups is 1. The van der Waals surface area contributed by atoms with Gasteiger partial charge in [-0.3, -0.25) is 0 Å². The van der Waals surface area contributed by atoms with E-state index in [-0.39, 0.29) is 13.0 Å². The van der Waals surface area contributed by atoms with Gasteiger partial charge in [-0.15, -0.1) is 0 Å². The quantitative estimate of drug-likeness (QED) is 0.556. The highest BCUT2D eigenvalue weighted by Crippen LogP contribution is 2.06. The van der Waals surface area contributed by atoms with Gasteiger partial charge >= 0.3 is 17.3 Å². The first-order valence-corrected chi connectivity index (χ1v) is 4.19. The summed E-state index contributed by atoms with van der Waals surface area (Å²) in [6.45, 7) is 0.147. The number of carboxylic acids is 1. The fourth-order valence-electron chi connectivity index (χ4n) is 1.20. The lowest BCUT2D eigenvalue weighted by Crippen LogP contribution is -2.35. The second-order valence-electron chi connectivity index (χ2n) is 2.87. The van der Waals surface area contributed by atoms with E-state index in [4.69, 9.17) is 9.84 Å². The summed E-state index contributed by atoms with van der Waals surface area (Å²) in [6, 6.07) is -1.22. The lowest BCUT2D eigenvalue weighted by atomic mass is 10.2.